The van der Waals surface area contributed by atoms with Crippen LogP contribution in [0.15, 0.2) is 24.3 Å². The second-order valence-corrected chi connectivity index (χ2v) is 3.71. The summed E-state index contributed by atoms with van der Waals surface area (Å²) in [6.45, 7) is -0.347. The molecule has 1 aromatic carbocycles. The molecule has 0 saturated heterocycles. The first-order valence-electron chi connectivity index (χ1n) is 4.38. The van der Waals surface area contributed by atoms with Gasteiger partial charge in [0.1, 0.15) is 5.82 Å². The Labute approximate surface area is 97.2 Å². The number of benzene rings is 1. The van der Waals surface area contributed by atoms with E-state index in [0.717, 1.165) is 6.07 Å². The summed E-state index contributed by atoms with van der Waals surface area (Å²) in [5, 5.41) is 0. The third-order valence-electron chi connectivity index (χ3n) is 1.58. The second-order valence-electron chi connectivity index (χ2n) is 2.88. The van der Waals surface area contributed by atoms with Crippen LogP contribution < -0.4 is 0 Å². The molecular weight excluding hydrogens is 264 g/mol. The molecule has 0 N–H and O–H groups in total. The molecule has 0 aromatic heterocycles. The van der Waals surface area contributed by atoms with Crippen molar-refractivity contribution in [2.75, 3.05) is 0 Å². The van der Waals surface area contributed by atoms with Crippen molar-refractivity contribution in [1.82, 2.24) is 0 Å². The lowest BCUT2D eigenvalue weighted by Crippen LogP contribution is -2.18. The minimum atomic E-state index is -3.41. The summed E-state index contributed by atoms with van der Waals surface area (Å²) in [5.74, 6) is -0.534. The molecule has 0 spiro atoms. The van der Waals surface area contributed by atoms with Gasteiger partial charge in [0, 0.05) is 0 Å². The fourth-order valence-electron chi connectivity index (χ4n) is 0.888. The Kier molecular flexibility index (Phi) is 5.52. The lowest BCUT2D eigenvalue weighted by atomic mass is 10.2. The Balaban J connectivity index is 2.38. The number of rotatable bonds is 6. The smallest absolute Gasteiger partial charge is 0.264 e. The van der Waals surface area contributed by atoms with Crippen LogP contribution >= 0.6 is 0 Å². The van der Waals surface area contributed by atoms with E-state index in [1.165, 1.54) is 18.2 Å². The van der Waals surface area contributed by atoms with Crippen LogP contribution in [-0.2, 0) is 26.3 Å². The molecule has 0 aliphatic rings. The molecule has 8 heteroatoms. The van der Waals surface area contributed by atoms with Crippen LogP contribution in [0.25, 0.3) is 0 Å². The average Bonchev–Trinajstić information content (AvgIpc) is 2.26. The first-order valence-corrected chi connectivity index (χ1v) is 5.38. The van der Waals surface area contributed by atoms with Crippen molar-refractivity contribution in [3.05, 3.63) is 35.6 Å². The normalized spacial score (nSPS) is 14.9. The van der Waals surface area contributed by atoms with Crippen LogP contribution in [0, 0.1) is 5.82 Å². The number of hydrogen-bond acceptors (Lipinski definition) is 3. The molecule has 0 bridgehead atoms. The quantitative estimate of drug-likeness (QED) is 0.746. The molecule has 0 radical (unpaired) electrons. The Morgan fingerprint density at radius 1 is 1.29 bits per heavy atom. The van der Waals surface area contributed by atoms with Crippen LogP contribution in [0.1, 0.15) is 5.56 Å². The van der Waals surface area contributed by atoms with Gasteiger partial charge in [0.05, 0.1) is 6.61 Å². The molecule has 0 fully saturated rings. The number of hydrogen-bond donors (Lipinski definition) is 0. The van der Waals surface area contributed by atoms with Crippen LogP contribution in [0.5, 0.6) is 0 Å². The molecule has 0 heterocycles. The van der Waals surface area contributed by atoms with Crippen LogP contribution in [0.2, 0.25) is 0 Å². The summed E-state index contributed by atoms with van der Waals surface area (Å²) in [7, 11) is 0. The fourth-order valence-corrected chi connectivity index (χ4v) is 1.41. The van der Waals surface area contributed by atoms with E-state index in [1.807, 2.05) is 0 Å². The second kappa shape index (κ2) is 6.67. The van der Waals surface area contributed by atoms with Gasteiger partial charge in [-0.25, -0.2) is 21.7 Å². The molecule has 1 aromatic rings. The van der Waals surface area contributed by atoms with E-state index in [4.69, 9.17) is 0 Å². The Hall–Kier alpha value is -0.990. The van der Waals surface area contributed by atoms with Gasteiger partial charge in [0.25, 0.3) is 12.8 Å². The van der Waals surface area contributed by atoms with Gasteiger partial charge in [0.15, 0.2) is 0 Å². The van der Waals surface area contributed by atoms with Gasteiger partial charge in [-0.3, -0.25) is 4.18 Å². The molecule has 96 valence electrons. The minimum Gasteiger partial charge on any atom is -0.264 e. The standard InChI is InChI=1S/C9H8F4O3S/c10-7-3-1-2-6(4-7)5-15-17(14)16-9(13)8(11)12/h1-4,8-9H,5H2. The van der Waals surface area contributed by atoms with Crippen molar-refractivity contribution < 1.29 is 30.1 Å². The lowest BCUT2D eigenvalue weighted by Gasteiger charge is -2.07. The highest BCUT2D eigenvalue weighted by atomic mass is 32.2. The van der Waals surface area contributed by atoms with Crippen molar-refractivity contribution in [2.24, 2.45) is 0 Å². The third kappa shape index (κ3) is 5.24. The highest BCUT2D eigenvalue weighted by Gasteiger charge is 2.23. The van der Waals surface area contributed by atoms with Gasteiger partial charge in [-0.15, -0.1) is 0 Å². The van der Waals surface area contributed by atoms with Crippen molar-refractivity contribution in [3.63, 3.8) is 0 Å². The first-order chi connectivity index (χ1) is 7.99. The third-order valence-corrected chi connectivity index (χ3v) is 2.23. The van der Waals surface area contributed by atoms with E-state index < -0.39 is 30.0 Å². The largest absolute Gasteiger partial charge is 0.308 e. The highest BCUT2D eigenvalue weighted by molar-refractivity contribution is 7.75. The summed E-state index contributed by atoms with van der Waals surface area (Å²) in [6.07, 6.45) is -6.39. The maximum absolute atomic E-state index is 12.7. The zero-order valence-corrected chi connectivity index (χ0v) is 9.13. The van der Waals surface area contributed by atoms with Crippen molar-refractivity contribution in [3.8, 4) is 0 Å². The summed E-state index contributed by atoms with van der Waals surface area (Å²) >= 11 is -2.66. The van der Waals surface area contributed by atoms with E-state index >= 15 is 0 Å². The minimum absolute atomic E-state index is 0.314. The van der Waals surface area contributed by atoms with Crippen LogP contribution in [0.4, 0.5) is 17.6 Å². The van der Waals surface area contributed by atoms with Gasteiger partial charge in [-0.05, 0) is 17.7 Å². The Morgan fingerprint density at radius 2 is 2.00 bits per heavy atom. The summed E-state index contributed by atoms with van der Waals surface area (Å²) in [5.41, 5.74) is 0.314. The van der Waals surface area contributed by atoms with Gasteiger partial charge >= 0.3 is 11.4 Å². The first kappa shape index (κ1) is 14.1. The molecule has 0 amide bonds. The van der Waals surface area contributed by atoms with E-state index in [0.29, 0.717) is 5.56 Å². The summed E-state index contributed by atoms with van der Waals surface area (Å²) < 4.78 is 67.2. The maximum atomic E-state index is 12.7. The molecule has 17 heavy (non-hydrogen) atoms. The van der Waals surface area contributed by atoms with Crippen LogP contribution in [0.3, 0.4) is 0 Å². The molecule has 3 nitrogen and oxygen atoms in total. The van der Waals surface area contributed by atoms with E-state index in [9.17, 15) is 21.8 Å². The zero-order chi connectivity index (χ0) is 12.8. The van der Waals surface area contributed by atoms with Crippen molar-refractivity contribution in [2.45, 2.75) is 19.4 Å². The lowest BCUT2D eigenvalue weighted by molar-refractivity contribution is -0.0660. The molecule has 0 aliphatic heterocycles. The topological polar surface area (TPSA) is 35.5 Å². The highest BCUT2D eigenvalue weighted by Crippen LogP contribution is 2.11. The van der Waals surface area contributed by atoms with Gasteiger partial charge in [-0.2, -0.15) is 4.21 Å². The van der Waals surface area contributed by atoms with Gasteiger partial charge in [0.2, 0.25) is 0 Å². The Morgan fingerprint density at radius 3 is 2.59 bits per heavy atom. The maximum Gasteiger partial charge on any atom is 0.308 e. The molecule has 0 aliphatic carbocycles. The Bertz CT molecular complexity index is 388. The number of alkyl halides is 3. The molecule has 0 saturated carbocycles. The van der Waals surface area contributed by atoms with Crippen molar-refractivity contribution >= 4 is 11.4 Å². The number of halogens is 4. The summed E-state index contributed by atoms with van der Waals surface area (Å²) in [6, 6.07) is 5.12. The predicted molar refractivity (Wildman–Crippen MR) is 51.3 cm³/mol. The molecule has 2 atom stereocenters. The van der Waals surface area contributed by atoms with Crippen molar-refractivity contribution in [1.29, 1.82) is 0 Å². The summed E-state index contributed by atoms with van der Waals surface area (Å²) in [4.78, 5) is 0. The monoisotopic (exact) mass is 272 g/mol. The van der Waals surface area contributed by atoms with E-state index in [1.54, 1.807) is 0 Å². The zero-order valence-electron chi connectivity index (χ0n) is 8.32. The fraction of sp³-hybridized carbons (Fsp3) is 0.333. The predicted octanol–water partition coefficient (Wildman–Crippen LogP) is 2.50. The molecular formula is C9H8F4O3S. The molecule has 2 unspecified atom stereocenters. The average molecular weight is 272 g/mol. The van der Waals surface area contributed by atoms with Gasteiger partial charge in [-0.1, -0.05) is 12.1 Å². The van der Waals surface area contributed by atoms with Gasteiger partial charge < -0.3 is 0 Å². The SMILES string of the molecule is O=S(OCc1cccc(F)c1)OC(F)C(F)F. The van der Waals surface area contributed by atoms with E-state index in [2.05, 4.69) is 8.37 Å². The van der Waals surface area contributed by atoms with Crippen LogP contribution in [-0.4, -0.2) is 17.0 Å². The van der Waals surface area contributed by atoms with E-state index in [-0.39, 0.29) is 6.61 Å². The molecule has 1 rings (SSSR count).